The van der Waals surface area contributed by atoms with Gasteiger partial charge in [-0.05, 0) is 24.5 Å². The van der Waals surface area contributed by atoms with E-state index in [1.54, 1.807) is 12.1 Å². The van der Waals surface area contributed by atoms with E-state index in [-0.39, 0.29) is 18.5 Å². The largest absolute Gasteiger partial charge is 0.423 e. The lowest BCUT2D eigenvalue weighted by atomic mass is 10.0. The minimum Gasteiger partial charge on any atom is -0.375 e. The van der Waals surface area contributed by atoms with Crippen LogP contribution in [0.5, 0.6) is 0 Å². The molecule has 0 aliphatic heterocycles. The van der Waals surface area contributed by atoms with E-state index >= 15 is 0 Å². The molecular weight excluding hydrogens is 195 g/mol. The van der Waals surface area contributed by atoms with E-state index in [1.165, 1.54) is 6.20 Å². The number of rotatable bonds is 0. The van der Waals surface area contributed by atoms with Crippen molar-refractivity contribution in [3.05, 3.63) is 29.6 Å². The first-order valence-corrected chi connectivity index (χ1v) is 4.18. The molecule has 0 fully saturated rings. The van der Waals surface area contributed by atoms with E-state index in [0.29, 0.717) is 5.56 Å². The Bertz CT molecular complexity index is 363. The van der Waals surface area contributed by atoms with Crippen LogP contribution in [-0.4, -0.2) is 16.3 Å². The molecule has 0 aromatic carbocycles. The quantitative estimate of drug-likeness (QED) is 0.697. The van der Waals surface area contributed by atoms with E-state index < -0.39 is 11.8 Å². The summed E-state index contributed by atoms with van der Waals surface area (Å²) in [5.41, 5.74) is -2.51. The standard InChI is InChI=1S/C9H8F3NO/c10-9(11,12)8(14)4-3-6-2-1-5-13-7(6)8/h1-2,5,14H,3-4H2. The molecule has 2 nitrogen and oxygen atoms in total. The monoisotopic (exact) mass is 203 g/mol. The molecule has 0 saturated heterocycles. The molecule has 0 bridgehead atoms. The predicted octanol–water partition coefficient (Wildman–Crippen LogP) is 1.78. The summed E-state index contributed by atoms with van der Waals surface area (Å²) in [6.45, 7) is 0. The lowest BCUT2D eigenvalue weighted by Crippen LogP contribution is -2.40. The highest BCUT2D eigenvalue weighted by atomic mass is 19.4. The van der Waals surface area contributed by atoms with Crippen LogP contribution in [0.1, 0.15) is 17.7 Å². The molecule has 1 heterocycles. The molecule has 0 saturated carbocycles. The summed E-state index contributed by atoms with van der Waals surface area (Å²) in [4.78, 5) is 3.61. The van der Waals surface area contributed by atoms with Gasteiger partial charge in [-0.2, -0.15) is 13.2 Å². The van der Waals surface area contributed by atoms with Gasteiger partial charge in [0.2, 0.25) is 5.60 Å². The van der Waals surface area contributed by atoms with Crippen molar-refractivity contribution in [2.24, 2.45) is 0 Å². The van der Waals surface area contributed by atoms with Gasteiger partial charge in [-0.25, -0.2) is 0 Å². The number of nitrogens with zero attached hydrogens (tertiary/aromatic N) is 1. The molecule has 1 aliphatic carbocycles. The van der Waals surface area contributed by atoms with Gasteiger partial charge in [0.25, 0.3) is 0 Å². The predicted molar refractivity (Wildman–Crippen MR) is 42.5 cm³/mol. The van der Waals surface area contributed by atoms with E-state index in [4.69, 9.17) is 0 Å². The second-order valence-corrected chi connectivity index (χ2v) is 3.37. The van der Waals surface area contributed by atoms with Crippen LogP contribution < -0.4 is 0 Å². The number of halogens is 3. The summed E-state index contributed by atoms with van der Waals surface area (Å²) >= 11 is 0. The molecule has 14 heavy (non-hydrogen) atoms. The number of fused-ring (bicyclic) bond motifs is 1. The fraction of sp³-hybridized carbons (Fsp3) is 0.444. The summed E-state index contributed by atoms with van der Waals surface area (Å²) < 4.78 is 37.6. The Morgan fingerprint density at radius 2 is 2.14 bits per heavy atom. The number of hydrogen-bond donors (Lipinski definition) is 1. The van der Waals surface area contributed by atoms with Gasteiger partial charge < -0.3 is 5.11 Å². The Morgan fingerprint density at radius 1 is 1.43 bits per heavy atom. The Labute approximate surface area is 78.4 Å². The maximum Gasteiger partial charge on any atom is 0.423 e. The third-order valence-electron chi connectivity index (χ3n) is 2.51. The third kappa shape index (κ3) is 1.12. The fourth-order valence-electron chi connectivity index (χ4n) is 1.72. The van der Waals surface area contributed by atoms with Gasteiger partial charge in [-0.3, -0.25) is 4.98 Å². The van der Waals surface area contributed by atoms with Gasteiger partial charge in [0.1, 0.15) is 0 Å². The van der Waals surface area contributed by atoms with Crippen molar-refractivity contribution < 1.29 is 18.3 Å². The fourth-order valence-corrected chi connectivity index (χ4v) is 1.72. The van der Waals surface area contributed by atoms with Crippen LogP contribution in [0, 0.1) is 0 Å². The number of aliphatic hydroxyl groups is 1. The Morgan fingerprint density at radius 3 is 2.79 bits per heavy atom. The molecule has 1 unspecified atom stereocenters. The summed E-state index contributed by atoms with van der Waals surface area (Å²) in [5.74, 6) is 0. The van der Waals surface area contributed by atoms with Crippen molar-refractivity contribution in [2.75, 3.05) is 0 Å². The Balaban J connectivity index is 2.53. The molecule has 0 spiro atoms. The van der Waals surface area contributed by atoms with Crippen LogP contribution in [0.3, 0.4) is 0 Å². The van der Waals surface area contributed by atoms with Gasteiger partial charge >= 0.3 is 6.18 Å². The number of hydrogen-bond acceptors (Lipinski definition) is 2. The van der Waals surface area contributed by atoms with Crippen LogP contribution in [0.4, 0.5) is 13.2 Å². The topological polar surface area (TPSA) is 33.1 Å². The minimum absolute atomic E-state index is 0.221. The number of aromatic nitrogens is 1. The van der Waals surface area contributed by atoms with Crippen LogP contribution in [0.15, 0.2) is 18.3 Å². The second-order valence-electron chi connectivity index (χ2n) is 3.37. The average Bonchev–Trinajstić information content (AvgIpc) is 2.45. The first-order valence-electron chi connectivity index (χ1n) is 4.18. The molecule has 1 aromatic heterocycles. The molecule has 1 aliphatic rings. The van der Waals surface area contributed by atoms with Gasteiger partial charge in [0, 0.05) is 6.20 Å². The van der Waals surface area contributed by atoms with Crippen molar-refractivity contribution in [3.8, 4) is 0 Å². The third-order valence-corrected chi connectivity index (χ3v) is 2.51. The molecular formula is C9H8F3NO. The maximum atomic E-state index is 12.5. The van der Waals surface area contributed by atoms with Gasteiger partial charge in [-0.1, -0.05) is 6.07 Å². The second kappa shape index (κ2) is 2.70. The average molecular weight is 203 g/mol. The van der Waals surface area contributed by atoms with Crippen LogP contribution in [0.2, 0.25) is 0 Å². The van der Waals surface area contributed by atoms with Crippen molar-refractivity contribution >= 4 is 0 Å². The Kier molecular flexibility index (Phi) is 1.82. The van der Waals surface area contributed by atoms with E-state index in [0.717, 1.165) is 0 Å². The molecule has 2 rings (SSSR count). The number of alkyl halides is 3. The molecule has 0 amide bonds. The zero-order valence-corrected chi connectivity index (χ0v) is 7.17. The lowest BCUT2D eigenvalue weighted by Gasteiger charge is -2.25. The molecule has 76 valence electrons. The van der Waals surface area contributed by atoms with E-state index in [9.17, 15) is 18.3 Å². The maximum absolute atomic E-state index is 12.5. The van der Waals surface area contributed by atoms with E-state index in [1.807, 2.05) is 0 Å². The summed E-state index contributed by atoms with van der Waals surface area (Å²) in [6, 6.07) is 3.13. The Hall–Kier alpha value is -1.10. The van der Waals surface area contributed by atoms with Crippen molar-refractivity contribution in [1.82, 2.24) is 4.98 Å². The van der Waals surface area contributed by atoms with Crippen LogP contribution >= 0.6 is 0 Å². The van der Waals surface area contributed by atoms with Crippen molar-refractivity contribution in [1.29, 1.82) is 0 Å². The zero-order chi connectivity index (χ0) is 10.4. The van der Waals surface area contributed by atoms with Gasteiger partial charge in [0.15, 0.2) is 0 Å². The molecule has 1 atom stereocenters. The normalized spacial score (nSPS) is 26.3. The van der Waals surface area contributed by atoms with E-state index in [2.05, 4.69) is 4.98 Å². The van der Waals surface area contributed by atoms with Crippen LogP contribution in [-0.2, 0) is 12.0 Å². The highest BCUT2D eigenvalue weighted by molar-refractivity contribution is 5.32. The molecule has 1 N–H and O–H groups in total. The zero-order valence-electron chi connectivity index (χ0n) is 7.17. The molecule has 5 heteroatoms. The number of pyridine rings is 1. The van der Waals surface area contributed by atoms with Gasteiger partial charge in [0.05, 0.1) is 5.69 Å². The van der Waals surface area contributed by atoms with Gasteiger partial charge in [-0.15, -0.1) is 0 Å². The SMILES string of the molecule is OC1(C(F)(F)F)CCc2cccnc21. The van der Waals surface area contributed by atoms with Crippen molar-refractivity contribution in [2.45, 2.75) is 24.6 Å². The molecule has 1 aromatic rings. The highest BCUT2D eigenvalue weighted by Gasteiger charge is 2.58. The smallest absolute Gasteiger partial charge is 0.375 e. The lowest BCUT2D eigenvalue weighted by molar-refractivity contribution is -0.266. The van der Waals surface area contributed by atoms with Crippen molar-refractivity contribution in [3.63, 3.8) is 0 Å². The summed E-state index contributed by atoms with van der Waals surface area (Å²) in [6.07, 6.45) is -3.49. The summed E-state index contributed by atoms with van der Waals surface area (Å²) in [5, 5.41) is 9.49. The first-order chi connectivity index (χ1) is 6.45. The van der Waals surface area contributed by atoms with Crippen LogP contribution in [0.25, 0.3) is 0 Å². The minimum atomic E-state index is -4.65. The summed E-state index contributed by atoms with van der Waals surface area (Å²) in [7, 11) is 0. The first kappa shape index (κ1) is 9.45. The molecule has 0 radical (unpaired) electrons. The highest BCUT2D eigenvalue weighted by Crippen LogP contribution is 2.46. The number of aryl methyl sites for hydroxylation is 1.